The summed E-state index contributed by atoms with van der Waals surface area (Å²) < 4.78 is 29.4. The monoisotopic (exact) mass is 637 g/mol. The van der Waals surface area contributed by atoms with Gasteiger partial charge >= 0.3 is 0 Å². The minimum Gasteiger partial charge on any atom is -0.598 e. The van der Waals surface area contributed by atoms with Gasteiger partial charge < -0.3 is 18.8 Å². The summed E-state index contributed by atoms with van der Waals surface area (Å²) in [6.07, 6.45) is 2.79. The molecule has 0 saturated carbocycles. The van der Waals surface area contributed by atoms with Gasteiger partial charge in [0, 0.05) is 16.9 Å². The van der Waals surface area contributed by atoms with E-state index in [0.29, 0.717) is 42.4 Å². The van der Waals surface area contributed by atoms with Crippen LogP contribution in [0, 0.1) is 0 Å². The SMILES string of the molecule is CCCC(O)(N[S@+]([O-])C(C)(C)C)c1cccc(-c2cc(OC)c3cnn(-c4cccc(CO[Si](C)(C)C(C)(C)C)n4)c3c2)n1. The molecule has 0 aliphatic rings. The Morgan fingerprint density at radius 2 is 1.73 bits per heavy atom. The van der Waals surface area contributed by atoms with Crippen LogP contribution in [0.5, 0.6) is 5.75 Å². The van der Waals surface area contributed by atoms with Gasteiger partial charge in [-0.15, -0.1) is 4.72 Å². The second-order valence-corrected chi connectivity index (χ2v) is 20.5. The Kier molecular flexibility index (Phi) is 9.99. The highest BCUT2D eigenvalue weighted by molar-refractivity contribution is 7.90. The van der Waals surface area contributed by atoms with Crippen LogP contribution < -0.4 is 9.46 Å². The molecule has 0 aliphatic carbocycles. The lowest BCUT2D eigenvalue weighted by atomic mass is 10.0. The van der Waals surface area contributed by atoms with Crippen molar-refractivity contribution in [1.82, 2.24) is 24.5 Å². The molecule has 2 atom stereocenters. The average molecular weight is 638 g/mol. The molecule has 0 bridgehead atoms. The van der Waals surface area contributed by atoms with E-state index in [2.05, 4.69) is 43.7 Å². The number of aliphatic hydroxyl groups is 1. The largest absolute Gasteiger partial charge is 0.598 e. The number of methoxy groups -OCH3 is 1. The summed E-state index contributed by atoms with van der Waals surface area (Å²) in [5.41, 5.74) is 1.90. The van der Waals surface area contributed by atoms with Crippen molar-refractivity contribution in [3.8, 4) is 22.8 Å². The number of ether oxygens (including phenoxy) is 1. The first kappa shape index (κ1) is 34.1. The zero-order valence-electron chi connectivity index (χ0n) is 27.7. The van der Waals surface area contributed by atoms with Gasteiger partial charge in [-0.2, -0.15) is 5.10 Å². The van der Waals surface area contributed by atoms with Gasteiger partial charge in [0.2, 0.25) is 0 Å². The minimum absolute atomic E-state index is 0.104. The molecule has 3 heterocycles. The van der Waals surface area contributed by atoms with Gasteiger partial charge in [0.05, 0.1) is 47.9 Å². The lowest BCUT2D eigenvalue weighted by Gasteiger charge is -2.36. The number of hydrogen-bond donors (Lipinski definition) is 2. The fraction of sp³-hybridized carbons (Fsp3) is 0.485. The average Bonchev–Trinajstić information content (AvgIpc) is 3.39. The molecule has 0 fully saturated rings. The lowest BCUT2D eigenvalue weighted by molar-refractivity contribution is 0.0101. The predicted molar refractivity (Wildman–Crippen MR) is 180 cm³/mol. The summed E-state index contributed by atoms with van der Waals surface area (Å²) in [7, 11) is -0.312. The summed E-state index contributed by atoms with van der Waals surface area (Å²) >= 11 is -1.50. The summed E-state index contributed by atoms with van der Waals surface area (Å²) in [6, 6.07) is 15.3. The van der Waals surface area contributed by atoms with Gasteiger partial charge in [-0.3, -0.25) is 0 Å². The van der Waals surface area contributed by atoms with Crippen molar-refractivity contribution >= 4 is 30.6 Å². The van der Waals surface area contributed by atoms with Gasteiger partial charge in [-0.1, -0.05) is 46.2 Å². The molecule has 3 aromatic heterocycles. The number of benzene rings is 1. The van der Waals surface area contributed by atoms with E-state index in [1.165, 1.54) is 0 Å². The van der Waals surface area contributed by atoms with Crippen molar-refractivity contribution in [2.45, 2.75) is 96.5 Å². The first-order valence-corrected chi connectivity index (χ1v) is 19.1. The molecule has 1 unspecified atom stereocenters. The van der Waals surface area contributed by atoms with E-state index >= 15 is 0 Å². The quantitative estimate of drug-likeness (QED) is 0.102. The number of nitrogens with zero attached hydrogens (tertiary/aromatic N) is 4. The number of fused-ring (bicyclic) bond motifs is 1. The van der Waals surface area contributed by atoms with E-state index in [4.69, 9.17) is 19.1 Å². The summed E-state index contributed by atoms with van der Waals surface area (Å²) in [5, 5.41) is 17.3. The van der Waals surface area contributed by atoms with E-state index in [-0.39, 0.29) is 5.04 Å². The Labute approximate surface area is 265 Å². The van der Waals surface area contributed by atoms with Crippen molar-refractivity contribution in [3.63, 3.8) is 0 Å². The number of rotatable bonds is 11. The molecule has 0 amide bonds. The summed E-state index contributed by atoms with van der Waals surface area (Å²) in [4.78, 5) is 9.75. The van der Waals surface area contributed by atoms with E-state index in [0.717, 1.165) is 22.2 Å². The maximum Gasteiger partial charge on any atom is 0.200 e. The van der Waals surface area contributed by atoms with Crippen LogP contribution in [0.25, 0.3) is 28.0 Å². The maximum atomic E-state index is 13.0. The molecule has 1 aromatic carbocycles. The van der Waals surface area contributed by atoms with Crippen LogP contribution in [-0.2, 0) is 28.1 Å². The molecule has 0 saturated heterocycles. The minimum atomic E-state index is -1.94. The number of nitrogens with one attached hydrogen (secondary N) is 1. The standard InChI is InChI=1S/C33H47N5O4SSi/c1-11-18-33(39,37-43(40)31(2,3)4)29-16-13-15-26(36-29)23-19-27-25(28(20-23)41-8)21-34-38(27)30-17-12-14-24(35-30)22-42-44(9,10)32(5,6)7/h12-17,19-21,37,39H,11,18,22H2,1-10H3/t33?,43-/m1/s1. The predicted octanol–water partition coefficient (Wildman–Crippen LogP) is 7.01. The highest BCUT2D eigenvalue weighted by Gasteiger charge is 2.40. The van der Waals surface area contributed by atoms with Crippen molar-refractivity contribution in [1.29, 1.82) is 0 Å². The van der Waals surface area contributed by atoms with E-state index < -0.39 is 30.2 Å². The molecule has 9 nitrogen and oxygen atoms in total. The van der Waals surface area contributed by atoms with E-state index in [9.17, 15) is 9.66 Å². The Bertz CT molecular complexity index is 1600. The molecular formula is C33H47N5O4SSi. The van der Waals surface area contributed by atoms with Crippen molar-refractivity contribution in [2.75, 3.05) is 7.11 Å². The second kappa shape index (κ2) is 12.9. The van der Waals surface area contributed by atoms with Crippen LogP contribution >= 0.6 is 0 Å². The van der Waals surface area contributed by atoms with Crippen LogP contribution in [0.4, 0.5) is 0 Å². The number of hydrogen-bond acceptors (Lipinski definition) is 8. The van der Waals surface area contributed by atoms with Crippen LogP contribution in [0.1, 0.15) is 72.7 Å². The fourth-order valence-corrected chi connectivity index (χ4v) is 6.22. The zero-order chi connectivity index (χ0) is 32.5. The molecule has 44 heavy (non-hydrogen) atoms. The molecule has 4 aromatic rings. The zero-order valence-corrected chi connectivity index (χ0v) is 29.5. The molecule has 238 valence electrons. The first-order valence-electron chi connectivity index (χ1n) is 15.0. The van der Waals surface area contributed by atoms with E-state index in [1.54, 1.807) is 24.1 Å². The Morgan fingerprint density at radius 3 is 2.36 bits per heavy atom. The Balaban J connectivity index is 1.74. The Hall–Kier alpha value is -2.80. The topological polar surface area (TPSA) is 117 Å². The molecule has 4 rings (SSSR count). The summed E-state index contributed by atoms with van der Waals surface area (Å²) in [6.45, 7) is 19.1. The first-order chi connectivity index (χ1) is 20.5. The molecule has 0 radical (unpaired) electrons. The smallest absolute Gasteiger partial charge is 0.200 e. The van der Waals surface area contributed by atoms with Gasteiger partial charge in [0.15, 0.2) is 19.9 Å². The normalized spacial score (nSPS) is 14.9. The molecule has 2 N–H and O–H groups in total. The highest BCUT2D eigenvalue weighted by atomic mass is 32.2. The van der Waals surface area contributed by atoms with E-state index in [1.807, 2.05) is 70.2 Å². The van der Waals surface area contributed by atoms with Crippen LogP contribution in [0.2, 0.25) is 18.1 Å². The second-order valence-electron chi connectivity index (χ2n) is 13.7. The van der Waals surface area contributed by atoms with Gasteiger partial charge in [0.25, 0.3) is 0 Å². The Morgan fingerprint density at radius 1 is 1.02 bits per heavy atom. The van der Waals surface area contributed by atoms with Gasteiger partial charge in [-0.05, 0) is 81.7 Å². The molecule has 11 heteroatoms. The third kappa shape index (κ3) is 7.35. The van der Waals surface area contributed by atoms with Crippen molar-refractivity contribution in [2.24, 2.45) is 0 Å². The van der Waals surface area contributed by atoms with Crippen LogP contribution in [0.3, 0.4) is 0 Å². The number of aromatic nitrogens is 4. The van der Waals surface area contributed by atoms with Gasteiger partial charge in [0.1, 0.15) is 10.5 Å². The van der Waals surface area contributed by atoms with Crippen molar-refractivity contribution < 1.29 is 18.8 Å². The fourth-order valence-electron chi connectivity index (χ4n) is 4.46. The third-order valence-corrected chi connectivity index (χ3v) is 14.3. The third-order valence-electron chi connectivity index (χ3n) is 8.16. The number of pyridine rings is 2. The molecule has 0 spiro atoms. The molecular weight excluding hydrogens is 591 g/mol. The van der Waals surface area contributed by atoms with Crippen LogP contribution in [-0.4, -0.2) is 49.6 Å². The van der Waals surface area contributed by atoms with Gasteiger partial charge in [-0.25, -0.2) is 14.6 Å². The highest BCUT2D eigenvalue weighted by Crippen LogP contribution is 2.37. The maximum absolute atomic E-state index is 13.0. The summed E-state index contributed by atoms with van der Waals surface area (Å²) in [5.74, 6) is 1.31. The van der Waals surface area contributed by atoms with Crippen LogP contribution in [0.15, 0.2) is 54.7 Å². The van der Waals surface area contributed by atoms with Crippen molar-refractivity contribution in [3.05, 3.63) is 66.1 Å². The lowest BCUT2D eigenvalue weighted by Crippen LogP contribution is -2.51. The molecule has 0 aliphatic heterocycles.